The molecular formula is C14H18N4O. The van der Waals surface area contributed by atoms with Crippen LogP contribution in [0.5, 0.6) is 0 Å². The molecule has 0 fully saturated rings. The first-order valence-corrected chi connectivity index (χ1v) is 6.66. The van der Waals surface area contributed by atoms with E-state index in [-0.39, 0.29) is 0 Å². The summed E-state index contributed by atoms with van der Waals surface area (Å²) in [5.74, 6) is 2.82. The van der Waals surface area contributed by atoms with Crippen molar-refractivity contribution in [2.75, 3.05) is 18.9 Å². The second kappa shape index (κ2) is 5.40. The molecule has 0 amide bonds. The van der Waals surface area contributed by atoms with Crippen LogP contribution >= 0.6 is 0 Å². The lowest BCUT2D eigenvalue weighted by Crippen LogP contribution is -2.26. The lowest BCUT2D eigenvalue weighted by atomic mass is 10.1. The Hall–Kier alpha value is -1.88. The smallest absolute Gasteiger partial charge is 0.134 e. The van der Waals surface area contributed by atoms with Crippen molar-refractivity contribution in [1.82, 2.24) is 15.3 Å². The third kappa shape index (κ3) is 2.61. The van der Waals surface area contributed by atoms with Gasteiger partial charge >= 0.3 is 0 Å². The fraction of sp³-hybridized carbons (Fsp3) is 0.429. The molecule has 19 heavy (non-hydrogen) atoms. The summed E-state index contributed by atoms with van der Waals surface area (Å²) >= 11 is 0. The van der Waals surface area contributed by atoms with E-state index in [4.69, 9.17) is 4.42 Å². The van der Waals surface area contributed by atoms with Crippen LogP contribution in [0.25, 0.3) is 0 Å². The Morgan fingerprint density at radius 2 is 2.32 bits per heavy atom. The zero-order valence-electron chi connectivity index (χ0n) is 11.1. The molecule has 0 atom stereocenters. The molecule has 2 aromatic rings. The molecule has 0 bridgehead atoms. The number of aromatic nitrogens is 2. The SMILES string of the molecule is CNc1nc(CCc2ccco2)nc2c1CNCC2. The Morgan fingerprint density at radius 3 is 3.11 bits per heavy atom. The van der Waals surface area contributed by atoms with E-state index < -0.39 is 0 Å². The zero-order valence-corrected chi connectivity index (χ0v) is 11.1. The third-order valence-electron chi connectivity index (χ3n) is 3.39. The van der Waals surface area contributed by atoms with Crippen LogP contribution in [0.15, 0.2) is 22.8 Å². The highest BCUT2D eigenvalue weighted by molar-refractivity contribution is 5.47. The topological polar surface area (TPSA) is 63.0 Å². The van der Waals surface area contributed by atoms with Gasteiger partial charge in [-0.25, -0.2) is 9.97 Å². The second-order valence-electron chi connectivity index (χ2n) is 4.67. The molecule has 0 saturated carbocycles. The molecule has 0 saturated heterocycles. The Labute approximate surface area is 112 Å². The number of hydrogen-bond acceptors (Lipinski definition) is 5. The monoisotopic (exact) mass is 258 g/mol. The number of hydrogen-bond donors (Lipinski definition) is 2. The Bertz CT molecular complexity index is 534. The van der Waals surface area contributed by atoms with Gasteiger partial charge in [-0.1, -0.05) is 0 Å². The number of anilines is 1. The number of nitrogens with one attached hydrogen (secondary N) is 2. The van der Waals surface area contributed by atoms with Crippen molar-refractivity contribution in [2.45, 2.75) is 25.8 Å². The standard InChI is InChI=1S/C14H18N4O/c1-15-14-11-9-16-7-6-12(11)17-13(18-14)5-4-10-3-2-8-19-10/h2-3,8,16H,4-7,9H2,1H3,(H,15,17,18). The minimum atomic E-state index is 0.808. The quantitative estimate of drug-likeness (QED) is 0.871. The van der Waals surface area contributed by atoms with E-state index in [9.17, 15) is 0 Å². The van der Waals surface area contributed by atoms with Crippen LogP contribution < -0.4 is 10.6 Å². The summed E-state index contributed by atoms with van der Waals surface area (Å²) in [6.45, 7) is 1.84. The zero-order chi connectivity index (χ0) is 13.1. The van der Waals surface area contributed by atoms with Gasteiger partial charge in [-0.2, -0.15) is 0 Å². The van der Waals surface area contributed by atoms with Crippen LogP contribution in [0.3, 0.4) is 0 Å². The minimum absolute atomic E-state index is 0.808. The van der Waals surface area contributed by atoms with Crippen molar-refractivity contribution in [3.05, 3.63) is 41.2 Å². The molecule has 0 radical (unpaired) electrons. The molecule has 0 aromatic carbocycles. The highest BCUT2D eigenvalue weighted by Gasteiger charge is 2.16. The summed E-state index contributed by atoms with van der Waals surface area (Å²) in [5.41, 5.74) is 2.38. The molecular weight excluding hydrogens is 240 g/mol. The van der Waals surface area contributed by atoms with Crippen molar-refractivity contribution >= 4 is 5.82 Å². The second-order valence-corrected chi connectivity index (χ2v) is 4.67. The Balaban J connectivity index is 1.81. The van der Waals surface area contributed by atoms with Gasteiger partial charge in [0, 0.05) is 45.0 Å². The molecule has 2 aromatic heterocycles. The van der Waals surface area contributed by atoms with E-state index in [1.54, 1.807) is 6.26 Å². The molecule has 0 aliphatic carbocycles. The first-order chi connectivity index (χ1) is 9.36. The van der Waals surface area contributed by atoms with E-state index in [1.807, 2.05) is 19.2 Å². The van der Waals surface area contributed by atoms with Crippen molar-refractivity contribution in [1.29, 1.82) is 0 Å². The molecule has 0 spiro atoms. The number of aryl methyl sites for hydroxylation is 2. The van der Waals surface area contributed by atoms with E-state index in [2.05, 4.69) is 20.6 Å². The Kier molecular flexibility index (Phi) is 3.46. The summed E-state index contributed by atoms with van der Waals surface area (Å²) in [7, 11) is 1.91. The van der Waals surface area contributed by atoms with E-state index in [1.165, 1.54) is 11.3 Å². The lowest BCUT2D eigenvalue weighted by Gasteiger charge is -2.19. The van der Waals surface area contributed by atoms with Crippen LogP contribution in [0.2, 0.25) is 0 Å². The van der Waals surface area contributed by atoms with Crippen molar-refractivity contribution < 1.29 is 4.42 Å². The highest BCUT2D eigenvalue weighted by Crippen LogP contribution is 2.20. The van der Waals surface area contributed by atoms with E-state index in [0.29, 0.717) is 0 Å². The molecule has 1 aliphatic heterocycles. The number of furan rings is 1. The fourth-order valence-electron chi connectivity index (χ4n) is 2.40. The van der Waals surface area contributed by atoms with Gasteiger partial charge in [0.15, 0.2) is 0 Å². The first-order valence-electron chi connectivity index (χ1n) is 6.66. The minimum Gasteiger partial charge on any atom is -0.469 e. The van der Waals surface area contributed by atoms with Gasteiger partial charge in [-0.05, 0) is 12.1 Å². The maximum absolute atomic E-state index is 5.34. The van der Waals surface area contributed by atoms with Crippen molar-refractivity contribution in [3.8, 4) is 0 Å². The average Bonchev–Trinajstić information content (AvgIpc) is 2.97. The normalized spacial score (nSPS) is 14.2. The number of nitrogens with zero attached hydrogens (tertiary/aromatic N) is 2. The maximum atomic E-state index is 5.34. The molecule has 5 nitrogen and oxygen atoms in total. The highest BCUT2D eigenvalue weighted by atomic mass is 16.3. The molecule has 5 heteroatoms. The van der Waals surface area contributed by atoms with E-state index >= 15 is 0 Å². The summed E-state index contributed by atoms with van der Waals surface area (Å²) in [6.07, 6.45) is 4.32. The molecule has 3 heterocycles. The summed E-state index contributed by atoms with van der Waals surface area (Å²) < 4.78 is 5.34. The average molecular weight is 258 g/mol. The molecule has 100 valence electrons. The number of fused-ring (bicyclic) bond motifs is 1. The maximum Gasteiger partial charge on any atom is 0.134 e. The van der Waals surface area contributed by atoms with Gasteiger partial charge in [0.2, 0.25) is 0 Å². The predicted octanol–water partition coefficient (Wildman–Crippen LogP) is 1.54. The van der Waals surface area contributed by atoms with Crippen LogP contribution in [-0.2, 0) is 25.8 Å². The van der Waals surface area contributed by atoms with Crippen molar-refractivity contribution in [2.24, 2.45) is 0 Å². The summed E-state index contributed by atoms with van der Waals surface area (Å²) in [4.78, 5) is 9.29. The molecule has 0 unspecified atom stereocenters. The largest absolute Gasteiger partial charge is 0.469 e. The van der Waals surface area contributed by atoms with Gasteiger partial charge in [0.05, 0.1) is 12.0 Å². The fourth-order valence-corrected chi connectivity index (χ4v) is 2.40. The van der Waals surface area contributed by atoms with Crippen molar-refractivity contribution in [3.63, 3.8) is 0 Å². The third-order valence-corrected chi connectivity index (χ3v) is 3.39. The lowest BCUT2D eigenvalue weighted by molar-refractivity contribution is 0.505. The van der Waals surface area contributed by atoms with Crippen LogP contribution in [0.4, 0.5) is 5.82 Å². The summed E-state index contributed by atoms with van der Waals surface area (Å²) in [5, 5.41) is 6.53. The summed E-state index contributed by atoms with van der Waals surface area (Å²) in [6, 6.07) is 3.90. The van der Waals surface area contributed by atoms with Gasteiger partial charge in [0.25, 0.3) is 0 Å². The van der Waals surface area contributed by atoms with Gasteiger partial charge in [-0.15, -0.1) is 0 Å². The van der Waals surface area contributed by atoms with Crippen LogP contribution in [-0.4, -0.2) is 23.6 Å². The predicted molar refractivity (Wildman–Crippen MR) is 73.1 cm³/mol. The van der Waals surface area contributed by atoms with Gasteiger partial charge in [-0.3, -0.25) is 0 Å². The van der Waals surface area contributed by atoms with Crippen LogP contribution in [0, 0.1) is 0 Å². The molecule has 1 aliphatic rings. The van der Waals surface area contributed by atoms with Gasteiger partial charge in [0.1, 0.15) is 17.4 Å². The first kappa shape index (κ1) is 12.2. The van der Waals surface area contributed by atoms with Gasteiger partial charge < -0.3 is 15.1 Å². The van der Waals surface area contributed by atoms with E-state index in [0.717, 1.165) is 49.8 Å². The number of rotatable bonds is 4. The van der Waals surface area contributed by atoms with Crippen LogP contribution in [0.1, 0.15) is 22.8 Å². The Morgan fingerprint density at radius 1 is 1.37 bits per heavy atom. The molecule has 2 N–H and O–H groups in total. The molecule has 3 rings (SSSR count).